The molecule has 1 aromatic carbocycles. The van der Waals surface area contributed by atoms with Gasteiger partial charge in [0.05, 0.1) is 21.8 Å². The van der Waals surface area contributed by atoms with Crippen molar-refractivity contribution in [2.45, 2.75) is 59.8 Å². The minimum atomic E-state index is -0.436. The van der Waals surface area contributed by atoms with Crippen molar-refractivity contribution in [3.63, 3.8) is 0 Å². The van der Waals surface area contributed by atoms with Gasteiger partial charge in [-0.15, -0.1) is 33.3 Å². The second-order valence-corrected chi connectivity index (χ2v) is 13.5. The van der Waals surface area contributed by atoms with Crippen molar-refractivity contribution in [3.05, 3.63) is 75.1 Å². The fourth-order valence-electron chi connectivity index (χ4n) is 4.75. The highest BCUT2D eigenvalue weighted by atomic mass is 32.2. The summed E-state index contributed by atoms with van der Waals surface area (Å²) in [7, 11) is 0. The van der Waals surface area contributed by atoms with Crippen molar-refractivity contribution in [2.75, 3.05) is 10.7 Å². The lowest BCUT2D eigenvalue weighted by Crippen LogP contribution is -2.38. The van der Waals surface area contributed by atoms with Crippen molar-refractivity contribution in [2.24, 2.45) is 5.73 Å². The molecule has 2 N–H and O–H groups in total. The summed E-state index contributed by atoms with van der Waals surface area (Å²) in [5.41, 5.74) is 11.0. The molecule has 0 saturated carbocycles. The molecule has 1 aliphatic heterocycles. The van der Waals surface area contributed by atoms with Crippen LogP contribution in [0.5, 0.6) is 0 Å². The Morgan fingerprint density at radius 2 is 1.97 bits per heavy atom. The number of benzene rings is 1. The predicted octanol–water partition coefficient (Wildman–Crippen LogP) is 6.87. The number of anilines is 1. The zero-order chi connectivity index (χ0) is 25.9. The molecule has 3 aromatic rings. The Hall–Kier alpha value is -2.58. The monoisotopic (exact) mass is 565 g/mol. The summed E-state index contributed by atoms with van der Waals surface area (Å²) in [5.74, 6) is 1.72. The number of aryl methyl sites for hydroxylation is 1. The number of allylic oxidation sites excluding steroid dienone is 3. The number of ketones is 1. The molecule has 2 aromatic heterocycles. The molecule has 1 aliphatic carbocycles. The van der Waals surface area contributed by atoms with Crippen LogP contribution < -0.4 is 10.6 Å². The van der Waals surface area contributed by atoms with Crippen LogP contribution in [0.1, 0.15) is 55.0 Å². The average Bonchev–Trinajstić information content (AvgIpc) is 3.55. The quantitative estimate of drug-likeness (QED) is 0.296. The fourth-order valence-corrected chi connectivity index (χ4v) is 8.96. The van der Waals surface area contributed by atoms with E-state index in [1.54, 1.807) is 34.9 Å². The van der Waals surface area contributed by atoms with E-state index in [1.165, 1.54) is 26.0 Å². The van der Waals surface area contributed by atoms with Gasteiger partial charge in [-0.25, -0.2) is 0 Å². The smallest absolute Gasteiger partial charge is 0.219 e. The molecule has 0 amide bonds. The highest BCUT2D eigenvalue weighted by Crippen LogP contribution is 2.50. The molecule has 1 atom stereocenters. The average molecular weight is 566 g/mol. The van der Waals surface area contributed by atoms with Gasteiger partial charge < -0.3 is 5.73 Å². The third-order valence-corrected chi connectivity index (χ3v) is 11.0. The van der Waals surface area contributed by atoms with E-state index < -0.39 is 5.92 Å². The van der Waals surface area contributed by atoms with Crippen LogP contribution in [-0.2, 0) is 17.0 Å². The number of thioether (sulfide) groups is 2. The van der Waals surface area contributed by atoms with Gasteiger partial charge in [-0.3, -0.25) is 9.69 Å². The van der Waals surface area contributed by atoms with Crippen LogP contribution in [0.4, 0.5) is 5.13 Å². The zero-order valence-electron chi connectivity index (χ0n) is 20.7. The number of hydrogen-bond donors (Lipinski definition) is 1. The summed E-state index contributed by atoms with van der Waals surface area (Å²) < 4.78 is 1.99. The van der Waals surface area contributed by atoms with Crippen LogP contribution in [0, 0.1) is 11.3 Å². The first-order chi connectivity index (χ1) is 18.0. The molecule has 0 spiro atoms. The van der Waals surface area contributed by atoms with Crippen molar-refractivity contribution in [3.8, 4) is 6.07 Å². The maximum absolute atomic E-state index is 13.5. The van der Waals surface area contributed by atoms with E-state index in [9.17, 15) is 10.1 Å². The molecule has 3 heterocycles. The Morgan fingerprint density at radius 3 is 2.70 bits per heavy atom. The van der Waals surface area contributed by atoms with Gasteiger partial charge in [-0.2, -0.15) is 5.26 Å². The first-order valence-corrected chi connectivity index (χ1v) is 15.9. The number of hydrogen-bond acceptors (Lipinski definition) is 10. The topological polar surface area (TPSA) is 95.9 Å². The van der Waals surface area contributed by atoms with Gasteiger partial charge in [0.15, 0.2) is 10.1 Å². The van der Waals surface area contributed by atoms with E-state index in [2.05, 4.69) is 48.3 Å². The minimum absolute atomic E-state index is 0.0939. The van der Waals surface area contributed by atoms with E-state index >= 15 is 0 Å². The van der Waals surface area contributed by atoms with Crippen LogP contribution >= 0.6 is 46.2 Å². The third kappa shape index (κ3) is 5.10. The van der Waals surface area contributed by atoms with Gasteiger partial charge in [0, 0.05) is 28.3 Å². The number of nitrogens with two attached hydrogens (primary N) is 1. The lowest BCUT2D eigenvalue weighted by atomic mass is 9.76. The summed E-state index contributed by atoms with van der Waals surface area (Å²) in [6, 6.07) is 14.8. The van der Waals surface area contributed by atoms with Crippen LogP contribution in [-0.4, -0.2) is 21.7 Å². The molecule has 6 nitrogen and oxygen atoms in total. The van der Waals surface area contributed by atoms with E-state index in [4.69, 9.17) is 5.73 Å². The first-order valence-electron chi connectivity index (χ1n) is 12.3. The molecule has 1 unspecified atom stereocenters. The zero-order valence-corrected chi connectivity index (χ0v) is 24.0. The molecule has 0 radical (unpaired) electrons. The SMILES string of the molecule is CCSc1sc(CC)cc1C1C(C#N)=C(N)N(c2nnc(SCc3ccccc3)s2)C2=C1C(=O)CCC2. The largest absolute Gasteiger partial charge is 0.384 e. The molecule has 10 heteroatoms. The molecule has 2 aliphatic rings. The molecule has 190 valence electrons. The van der Waals surface area contributed by atoms with E-state index in [0.29, 0.717) is 34.9 Å². The Balaban J connectivity index is 1.56. The number of carbonyl (C=O) groups is 1. The molecule has 0 bridgehead atoms. The van der Waals surface area contributed by atoms with Crippen LogP contribution in [0.2, 0.25) is 0 Å². The lowest BCUT2D eigenvalue weighted by Gasteiger charge is -2.38. The molecule has 0 fully saturated rings. The summed E-state index contributed by atoms with van der Waals surface area (Å²) in [6.45, 7) is 4.25. The molecule has 0 saturated heterocycles. The Bertz CT molecular complexity index is 1420. The van der Waals surface area contributed by atoms with Gasteiger partial charge in [-0.1, -0.05) is 67.3 Å². The van der Waals surface area contributed by atoms with Crippen molar-refractivity contribution in [1.82, 2.24) is 10.2 Å². The second kappa shape index (κ2) is 11.4. The number of nitriles is 1. The van der Waals surface area contributed by atoms with E-state index in [1.807, 2.05) is 23.1 Å². The number of thiophene rings is 1. The highest BCUT2D eigenvalue weighted by Gasteiger charge is 2.42. The van der Waals surface area contributed by atoms with Gasteiger partial charge in [-0.05, 0) is 42.2 Å². The lowest BCUT2D eigenvalue weighted by molar-refractivity contribution is -0.116. The minimum Gasteiger partial charge on any atom is -0.384 e. The summed E-state index contributed by atoms with van der Waals surface area (Å²) in [5, 5.41) is 19.8. The van der Waals surface area contributed by atoms with Crippen molar-refractivity contribution >= 4 is 57.1 Å². The maximum atomic E-state index is 13.5. The number of nitrogens with zero attached hydrogens (tertiary/aromatic N) is 4. The summed E-state index contributed by atoms with van der Waals surface area (Å²) in [6.07, 6.45) is 2.86. The van der Waals surface area contributed by atoms with Crippen molar-refractivity contribution < 1.29 is 4.79 Å². The summed E-state index contributed by atoms with van der Waals surface area (Å²) >= 11 is 6.58. The second-order valence-electron chi connectivity index (χ2n) is 8.68. The Morgan fingerprint density at radius 1 is 1.16 bits per heavy atom. The Labute approximate surface area is 233 Å². The predicted molar refractivity (Wildman–Crippen MR) is 154 cm³/mol. The van der Waals surface area contributed by atoms with Crippen LogP contribution in [0.15, 0.2) is 67.6 Å². The van der Waals surface area contributed by atoms with Crippen LogP contribution in [0.3, 0.4) is 0 Å². The highest BCUT2D eigenvalue weighted by molar-refractivity contribution is 8.01. The molecular weight excluding hydrogens is 539 g/mol. The fraction of sp³-hybridized carbons (Fsp3) is 0.333. The molecule has 5 rings (SSSR count). The third-order valence-electron chi connectivity index (χ3n) is 6.42. The van der Waals surface area contributed by atoms with Gasteiger partial charge >= 0.3 is 0 Å². The van der Waals surface area contributed by atoms with Crippen LogP contribution in [0.25, 0.3) is 0 Å². The molecule has 37 heavy (non-hydrogen) atoms. The molecular formula is C27H27N5OS4. The first kappa shape index (κ1) is 26.0. The summed E-state index contributed by atoms with van der Waals surface area (Å²) in [4.78, 5) is 16.5. The van der Waals surface area contributed by atoms with Gasteiger partial charge in [0.1, 0.15) is 5.82 Å². The van der Waals surface area contributed by atoms with Gasteiger partial charge in [0.25, 0.3) is 0 Å². The number of carbonyl (C=O) groups excluding carboxylic acids is 1. The number of aromatic nitrogens is 2. The number of Topliss-reactive ketones (excluding diaryl/α,β-unsaturated/α-hetero) is 1. The Kier molecular flexibility index (Phi) is 8.05. The number of rotatable bonds is 8. The normalized spacial score (nSPS) is 17.8. The van der Waals surface area contributed by atoms with E-state index in [-0.39, 0.29) is 5.78 Å². The maximum Gasteiger partial charge on any atom is 0.219 e. The van der Waals surface area contributed by atoms with Crippen molar-refractivity contribution in [1.29, 1.82) is 5.26 Å². The standard InChI is InChI=1S/C27H27N5OS4/c1-3-17-13-18(25(36-17)34-4-2)22-19(14-28)24(29)32(20-11-8-12-21(33)23(20)22)26-30-31-27(37-26)35-15-16-9-6-5-7-10-16/h5-7,9-10,13,22H,3-4,8,11-12,15,29H2,1-2H3. The van der Waals surface area contributed by atoms with Gasteiger partial charge in [0.2, 0.25) is 5.13 Å². The van der Waals surface area contributed by atoms with E-state index in [0.717, 1.165) is 39.9 Å².